The van der Waals surface area contributed by atoms with Crippen LogP contribution in [-0.2, 0) is 17.7 Å². The van der Waals surface area contributed by atoms with Crippen molar-refractivity contribution in [1.82, 2.24) is 14.9 Å². The van der Waals surface area contributed by atoms with E-state index in [9.17, 15) is 4.79 Å². The van der Waals surface area contributed by atoms with Crippen molar-refractivity contribution >= 4 is 17.0 Å². The van der Waals surface area contributed by atoms with Crippen LogP contribution in [0.3, 0.4) is 0 Å². The van der Waals surface area contributed by atoms with E-state index in [-0.39, 0.29) is 6.09 Å². The van der Waals surface area contributed by atoms with Crippen molar-refractivity contribution in [1.29, 1.82) is 0 Å². The van der Waals surface area contributed by atoms with Gasteiger partial charge in [0.2, 0.25) is 5.88 Å². The van der Waals surface area contributed by atoms with Gasteiger partial charge in [-0.2, -0.15) is 0 Å². The van der Waals surface area contributed by atoms with E-state index in [0.717, 1.165) is 34.0 Å². The summed E-state index contributed by atoms with van der Waals surface area (Å²) in [5, 5.41) is 0.985. The molecule has 0 N–H and O–H groups in total. The van der Waals surface area contributed by atoms with Gasteiger partial charge in [0.1, 0.15) is 11.1 Å². The maximum Gasteiger partial charge on any atom is 0.410 e. The zero-order valence-electron chi connectivity index (χ0n) is 17.2. The third-order valence-electron chi connectivity index (χ3n) is 5.00. The number of hydrogen-bond donors (Lipinski definition) is 0. The van der Waals surface area contributed by atoms with Crippen molar-refractivity contribution in [3.05, 3.63) is 53.9 Å². The first-order chi connectivity index (χ1) is 13.9. The van der Waals surface area contributed by atoms with Crippen LogP contribution in [0.1, 0.15) is 31.9 Å². The number of pyridine rings is 2. The molecule has 2 aromatic heterocycles. The molecule has 150 valence electrons. The standard InChI is InChI=1S/C23H25N3O3/c1-23(2,3)29-22(27)26-12-9-15-5-6-16(13-17(15)14-26)18-7-10-24-20-19(18)8-11-25-21(20)28-4/h5-8,10-11,13H,9,12,14H2,1-4H3. The minimum Gasteiger partial charge on any atom is -0.479 e. The molecule has 1 aliphatic heterocycles. The number of methoxy groups -OCH3 is 1. The molecule has 1 aliphatic rings. The maximum atomic E-state index is 12.5. The van der Waals surface area contributed by atoms with Crippen molar-refractivity contribution in [2.45, 2.75) is 39.3 Å². The van der Waals surface area contributed by atoms with Crippen LogP contribution in [0.2, 0.25) is 0 Å². The average molecular weight is 391 g/mol. The molecule has 4 rings (SSSR count). The largest absolute Gasteiger partial charge is 0.479 e. The fourth-order valence-electron chi connectivity index (χ4n) is 3.66. The van der Waals surface area contributed by atoms with Gasteiger partial charge in [0, 0.05) is 30.9 Å². The van der Waals surface area contributed by atoms with E-state index < -0.39 is 5.60 Å². The third kappa shape index (κ3) is 3.88. The summed E-state index contributed by atoms with van der Waals surface area (Å²) in [7, 11) is 1.60. The molecule has 1 aromatic carbocycles. The van der Waals surface area contributed by atoms with Crippen molar-refractivity contribution in [3.8, 4) is 17.0 Å². The highest BCUT2D eigenvalue weighted by atomic mass is 16.6. The normalized spacial score (nSPS) is 13.9. The molecule has 29 heavy (non-hydrogen) atoms. The fourth-order valence-corrected chi connectivity index (χ4v) is 3.66. The van der Waals surface area contributed by atoms with Gasteiger partial charge < -0.3 is 14.4 Å². The van der Waals surface area contributed by atoms with Gasteiger partial charge in [0.05, 0.1) is 7.11 Å². The second kappa shape index (κ2) is 7.35. The Bertz CT molecular complexity index is 1070. The van der Waals surface area contributed by atoms with Crippen LogP contribution in [0.5, 0.6) is 5.88 Å². The minimum absolute atomic E-state index is 0.265. The molecule has 0 radical (unpaired) electrons. The van der Waals surface area contributed by atoms with Gasteiger partial charge in [-0.1, -0.05) is 12.1 Å². The monoisotopic (exact) mass is 391 g/mol. The molecular formula is C23H25N3O3. The van der Waals surface area contributed by atoms with Gasteiger partial charge in [-0.3, -0.25) is 4.98 Å². The lowest BCUT2D eigenvalue weighted by Gasteiger charge is -2.31. The first-order valence-corrected chi connectivity index (χ1v) is 9.73. The molecule has 3 aromatic rings. The van der Waals surface area contributed by atoms with Crippen LogP contribution in [0.25, 0.3) is 22.0 Å². The van der Waals surface area contributed by atoms with Gasteiger partial charge in [-0.05, 0) is 67.6 Å². The number of fused-ring (bicyclic) bond motifs is 2. The van der Waals surface area contributed by atoms with Crippen molar-refractivity contribution in [3.63, 3.8) is 0 Å². The van der Waals surface area contributed by atoms with Crippen LogP contribution in [0.15, 0.2) is 42.7 Å². The van der Waals surface area contributed by atoms with E-state index in [4.69, 9.17) is 9.47 Å². The van der Waals surface area contributed by atoms with Crippen molar-refractivity contribution in [2.75, 3.05) is 13.7 Å². The predicted molar refractivity (Wildman–Crippen MR) is 112 cm³/mol. The molecule has 0 spiro atoms. The second-order valence-corrected chi connectivity index (χ2v) is 8.21. The lowest BCUT2D eigenvalue weighted by molar-refractivity contribution is 0.0224. The fraction of sp³-hybridized carbons (Fsp3) is 0.348. The smallest absolute Gasteiger partial charge is 0.410 e. The number of nitrogens with zero attached hydrogens (tertiary/aromatic N) is 3. The summed E-state index contributed by atoms with van der Waals surface area (Å²) in [5.74, 6) is 0.512. The molecule has 6 heteroatoms. The predicted octanol–water partition coefficient (Wildman–Crippen LogP) is 4.60. The number of ether oxygens (including phenoxy) is 2. The Morgan fingerprint density at radius 3 is 2.62 bits per heavy atom. The van der Waals surface area contributed by atoms with Gasteiger partial charge >= 0.3 is 6.09 Å². The molecule has 0 fully saturated rings. The Kier molecular flexibility index (Phi) is 4.86. The van der Waals surface area contributed by atoms with Gasteiger partial charge in [-0.15, -0.1) is 0 Å². The highest BCUT2D eigenvalue weighted by Crippen LogP contribution is 2.33. The molecule has 6 nitrogen and oxygen atoms in total. The Balaban J connectivity index is 1.69. The number of hydrogen-bond acceptors (Lipinski definition) is 5. The summed E-state index contributed by atoms with van der Waals surface area (Å²) in [4.78, 5) is 23.0. The Hall–Kier alpha value is -3.15. The summed E-state index contributed by atoms with van der Waals surface area (Å²) in [6, 6.07) is 10.4. The number of aromatic nitrogens is 2. The molecule has 0 saturated heterocycles. The summed E-state index contributed by atoms with van der Waals surface area (Å²) in [6.45, 7) is 6.88. The maximum absolute atomic E-state index is 12.5. The van der Waals surface area contributed by atoms with E-state index >= 15 is 0 Å². The summed E-state index contributed by atoms with van der Waals surface area (Å²) < 4.78 is 10.9. The highest BCUT2D eigenvalue weighted by Gasteiger charge is 2.26. The van der Waals surface area contributed by atoms with Gasteiger partial charge in [-0.25, -0.2) is 9.78 Å². The number of amides is 1. The zero-order valence-corrected chi connectivity index (χ0v) is 17.2. The Morgan fingerprint density at radius 2 is 1.86 bits per heavy atom. The Morgan fingerprint density at radius 1 is 1.07 bits per heavy atom. The van der Waals surface area contributed by atoms with Gasteiger partial charge in [0.25, 0.3) is 0 Å². The van der Waals surface area contributed by atoms with E-state index in [2.05, 4.69) is 28.2 Å². The minimum atomic E-state index is -0.498. The quantitative estimate of drug-likeness (QED) is 0.639. The summed E-state index contributed by atoms with van der Waals surface area (Å²) in [6.07, 6.45) is 4.06. The molecule has 0 bridgehead atoms. The van der Waals surface area contributed by atoms with Crippen LogP contribution in [0, 0.1) is 0 Å². The third-order valence-corrected chi connectivity index (χ3v) is 5.00. The molecular weight excluding hydrogens is 366 g/mol. The molecule has 0 saturated carbocycles. The van der Waals surface area contributed by atoms with Crippen molar-refractivity contribution < 1.29 is 14.3 Å². The lowest BCUT2D eigenvalue weighted by Crippen LogP contribution is -2.39. The van der Waals surface area contributed by atoms with Crippen LogP contribution < -0.4 is 4.74 Å². The van der Waals surface area contributed by atoms with Crippen LogP contribution in [0.4, 0.5) is 4.79 Å². The number of carbonyl (C=O) groups excluding carboxylic acids is 1. The molecule has 1 amide bonds. The van der Waals surface area contributed by atoms with E-state index in [1.807, 2.05) is 32.9 Å². The second-order valence-electron chi connectivity index (χ2n) is 8.21. The number of rotatable bonds is 2. The molecule has 0 unspecified atom stereocenters. The SMILES string of the molecule is COc1nccc2c(-c3ccc4c(c3)CN(C(=O)OC(C)(C)C)CC4)ccnc12. The molecule has 0 atom stereocenters. The zero-order chi connectivity index (χ0) is 20.6. The molecule has 3 heterocycles. The lowest BCUT2D eigenvalue weighted by atomic mass is 9.94. The topological polar surface area (TPSA) is 64.5 Å². The summed E-state index contributed by atoms with van der Waals surface area (Å²) >= 11 is 0. The molecule has 0 aliphatic carbocycles. The highest BCUT2D eigenvalue weighted by molar-refractivity contribution is 5.96. The van der Waals surface area contributed by atoms with Gasteiger partial charge in [0.15, 0.2) is 0 Å². The van der Waals surface area contributed by atoms with Crippen LogP contribution >= 0.6 is 0 Å². The average Bonchev–Trinajstić information content (AvgIpc) is 2.70. The van der Waals surface area contributed by atoms with E-state index in [1.54, 1.807) is 24.4 Å². The van der Waals surface area contributed by atoms with Crippen LogP contribution in [-0.4, -0.2) is 40.2 Å². The number of carbonyl (C=O) groups is 1. The van der Waals surface area contributed by atoms with E-state index in [1.165, 1.54) is 5.56 Å². The Labute approximate surface area is 170 Å². The summed E-state index contributed by atoms with van der Waals surface area (Å²) in [5.41, 5.74) is 4.79. The first-order valence-electron chi connectivity index (χ1n) is 9.73. The number of benzene rings is 1. The first kappa shape index (κ1) is 19.2. The van der Waals surface area contributed by atoms with Crippen molar-refractivity contribution in [2.24, 2.45) is 0 Å². The van der Waals surface area contributed by atoms with E-state index in [0.29, 0.717) is 19.0 Å².